The van der Waals surface area contributed by atoms with Crippen LogP contribution in [0.15, 0.2) is 0 Å². The van der Waals surface area contributed by atoms with Crippen molar-refractivity contribution < 1.29 is 4.79 Å². The molecule has 1 saturated heterocycles. The highest BCUT2D eigenvalue weighted by Gasteiger charge is 2.12. The van der Waals surface area contributed by atoms with E-state index in [1.807, 2.05) is 0 Å². The van der Waals surface area contributed by atoms with E-state index in [0.717, 1.165) is 39.1 Å². The number of nitrogens with zero attached hydrogens (tertiary/aromatic N) is 1. The largest absolute Gasteiger partial charge is 0.355 e. The minimum absolute atomic E-state index is 0.190. The number of hydrogen-bond donors (Lipinski definition) is 2. The molecule has 1 heterocycles. The Kier molecular flexibility index (Phi) is 10.6. The van der Waals surface area contributed by atoms with E-state index in [4.69, 9.17) is 0 Å². The SMILES string of the molecule is CCCCCCCCCCNC(=O)CN1CCNCC1. The molecule has 1 aliphatic heterocycles. The molecule has 4 nitrogen and oxygen atoms in total. The molecule has 2 N–H and O–H groups in total. The van der Waals surface area contributed by atoms with Gasteiger partial charge in [-0.2, -0.15) is 0 Å². The number of nitrogens with one attached hydrogen (secondary N) is 2. The van der Waals surface area contributed by atoms with Gasteiger partial charge in [-0.05, 0) is 6.42 Å². The van der Waals surface area contributed by atoms with Crippen molar-refractivity contribution in [2.45, 2.75) is 58.3 Å². The van der Waals surface area contributed by atoms with Crippen LogP contribution in [0, 0.1) is 0 Å². The summed E-state index contributed by atoms with van der Waals surface area (Å²) in [7, 11) is 0. The summed E-state index contributed by atoms with van der Waals surface area (Å²) in [6, 6.07) is 0. The zero-order valence-corrected chi connectivity index (χ0v) is 13.3. The summed E-state index contributed by atoms with van der Waals surface area (Å²) in [4.78, 5) is 14.0. The molecule has 1 fully saturated rings. The molecule has 118 valence electrons. The Morgan fingerprint density at radius 1 is 1.00 bits per heavy atom. The minimum Gasteiger partial charge on any atom is -0.355 e. The fraction of sp³-hybridized carbons (Fsp3) is 0.938. The first-order chi connectivity index (χ1) is 9.83. The predicted octanol–water partition coefficient (Wildman–Crippen LogP) is 2.15. The average molecular weight is 283 g/mol. The Balaban J connectivity index is 1.84. The van der Waals surface area contributed by atoms with Crippen LogP contribution in [-0.4, -0.2) is 50.1 Å². The van der Waals surface area contributed by atoms with Gasteiger partial charge in [0.05, 0.1) is 6.54 Å². The summed E-state index contributed by atoms with van der Waals surface area (Å²) >= 11 is 0. The zero-order valence-electron chi connectivity index (χ0n) is 13.3. The smallest absolute Gasteiger partial charge is 0.234 e. The van der Waals surface area contributed by atoms with Gasteiger partial charge in [-0.1, -0.05) is 51.9 Å². The summed E-state index contributed by atoms with van der Waals surface area (Å²) in [5.41, 5.74) is 0. The van der Waals surface area contributed by atoms with Crippen molar-refractivity contribution in [3.63, 3.8) is 0 Å². The van der Waals surface area contributed by atoms with Gasteiger partial charge in [-0.3, -0.25) is 9.69 Å². The molecular weight excluding hydrogens is 250 g/mol. The van der Waals surface area contributed by atoms with Gasteiger partial charge in [0.25, 0.3) is 0 Å². The molecule has 0 spiro atoms. The second-order valence-electron chi connectivity index (χ2n) is 5.85. The third kappa shape index (κ3) is 9.32. The van der Waals surface area contributed by atoms with E-state index in [9.17, 15) is 4.79 Å². The van der Waals surface area contributed by atoms with E-state index < -0.39 is 0 Å². The number of piperazine rings is 1. The molecule has 1 rings (SSSR count). The Labute approximate surface area is 124 Å². The van der Waals surface area contributed by atoms with Crippen LogP contribution < -0.4 is 10.6 Å². The lowest BCUT2D eigenvalue weighted by atomic mass is 10.1. The molecule has 0 radical (unpaired) electrons. The molecule has 1 aliphatic rings. The molecule has 0 aliphatic carbocycles. The molecule has 0 aromatic rings. The highest BCUT2D eigenvalue weighted by Crippen LogP contribution is 2.07. The highest BCUT2D eigenvalue weighted by atomic mass is 16.2. The molecule has 0 atom stereocenters. The summed E-state index contributed by atoms with van der Waals surface area (Å²) in [5, 5.41) is 6.34. The second kappa shape index (κ2) is 12.2. The average Bonchev–Trinajstić information content (AvgIpc) is 2.46. The maximum atomic E-state index is 11.7. The summed E-state index contributed by atoms with van der Waals surface area (Å²) in [5.74, 6) is 0.190. The lowest BCUT2D eigenvalue weighted by Gasteiger charge is -2.26. The van der Waals surface area contributed by atoms with Crippen molar-refractivity contribution in [2.24, 2.45) is 0 Å². The Morgan fingerprint density at radius 2 is 1.60 bits per heavy atom. The number of amides is 1. The van der Waals surface area contributed by atoms with Crippen molar-refractivity contribution in [3.05, 3.63) is 0 Å². The molecular formula is C16H33N3O. The third-order valence-corrected chi connectivity index (χ3v) is 3.93. The highest BCUT2D eigenvalue weighted by molar-refractivity contribution is 5.77. The first-order valence-electron chi connectivity index (χ1n) is 8.52. The Morgan fingerprint density at radius 3 is 2.25 bits per heavy atom. The van der Waals surface area contributed by atoms with Gasteiger partial charge in [-0.15, -0.1) is 0 Å². The van der Waals surface area contributed by atoms with Crippen molar-refractivity contribution in [1.82, 2.24) is 15.5 Å². The van der Waals surface area contributed by atoms with Crippen molar-refractivity contribution >= 4 is 5.91 Å². The fourth-order valence-electron chi connectivity index (χ4n) is 2.61. The maximum absolute atomic E-state index is 11.7. The number of rotatable bonds is 11. The van der Waals surface area contributed by atoms with Gasteiger partial charge in [0, 0.05) is 32.7 Å². The maximum Gasteiger partial charge on any atom is 0.234 e. The topological polar surface area (TPSA) is 44.4 Å². The summed E-state index contributed by atoms with van der Waals surface area (Å²) in [6.45, 7) is 7.66. The van der Waals surface area contributed by atoms with Crippen LogP contribution in [0.5, 0.6) is 0 Å². The van der Waals surface area contributed by atoms with Crippen LogP contribution in [0.25, 0.3) is 0 Å². The van der Waals surface area contributed by atoms with Gasteiger partial charge < -0.3 is 10.6 Å². The van der Waals surface area contributed by atoms with Crippen molar-refractivity contribution in [3.8, 4) is 0 Å². The first kappa shape index (κ1) is 17.4. The molecule has 1 amide bonds. The molecule has 0 bridgehead atoms. The van der Waals surface area contributed by atoms with Gasteiger partial charge in [0.1, 0.15) is 0 Å². The van der Waals surface area contributed by atoms with Gasteiger partial charge >= 0.3 is 0 Å². The first-order valence-corrected chi connectivity index (χ1v) is 8.52. The van der Waals surface area contributed by atoms with Gasteiger partial charge in [0.2, 0.25) is 5.91 Å². The van der Waals surface area contributed by atoms with Crippen LogP contribution in [0.2, 0.25) is 0 Å². The van der Waals surface area contributed by atoms with E-state index in [0.29, 0.717) is 6.54 Å². The monoisotopic (exact) mass is 283 g/mol. The zero-order chi connectivity index (χ0) is 14.5. The molecule has 0 unspecified atom stereocenters. The van der Waals surface area contributed by atoms with Crippen LogP contribution in [-0.2, 0) is 4.79 Å². The Hall–Kier alpha value is -0.610. The molecule has 0 aromatic heterocycles. The lowest BCUT2D eigenvalue weighted by Crippen LogP contribution is -2.47. The molecule has 20 heavy (non-hydrogen) atoms. The lowest BCUT2D eigenvalue weighted by molar-refractivity contribution is -0.122. The fourth-order valence-corrected chi connectivity index (χ4v) is 2.61. The molecule has 0 saturated carbocycles. The predicted molar refractivity (Wildman–Crippen MR) is 84.9 cm³/mol. The molecule has 4 heteroatoms. The summed E-state index contributed by atoms with van der Waals surface area (Å²) in [6.07, 6.45) is 10.5. The van der Waals surface area contributed by atoms with Gasteiger partial charge in [-0.25, -0.2) is 0 Å². The third-order valence-electron chi connectivity index (χ3n) is 3.93. The normalized spacial score (nSPS) is 16.2. The van der Waals surface area contributed by atoms with Crippen LogP contribution in [0.1, 0.15) is 58.3 Å². The number of unbranched alkanes of at least 4 members (excludes halogenated alkanes) is 7. The van der Waals surface area contributed by atoms with Gasteiger partial charge in [0.15, 0.2) is 0 Å². The van der Waals surface area contributed by atoms with Crippen molar-refractivity contribution in [2.75, 3.05) is 39.3 Å². The minimum atomic E-state index is 0.190. The second-order valence-corrected chi connectivity index (χ2v) is 5.85. The van der Waals surface area contributed by atoms with Crippen molar-refractivity contribution in [1.29, 1.82) is 0 Å². The summed E-state index contributed by atoms with van der Waals surface area (Å²) < 4.78 is 0. The number of hydrogen-bond acceptors (Lipinski definition) is 3. The molecule has 0 aromatic carbocycles. The van der Waals surface area contributed by atoms with E-state index in [1.165, 1.54) is 44.9 Å². The number of carbonyl (C=O) groups is 1. The van der Waals surface area contributed by atoms with E-state index in [1.54, 1.807) is 0 Å². The van der Waals surface area contributed by atoms with E-state index in [2.05, 4.69) is 22.5 Å². The van der Waals surface area contributed by atoms with Crippen LogP contribution >= 0.6 is 0 Å². The van der Waals surface area contributed by atoms with Crippen LogP contribution in [0.3, 0.4) is 0 Å². The van der Waals surface area contributed by atoms with E-state index in [-0.39, 0.29) is 5.91 Å². The Bertz CT molecular complexity index is 240. The van der Waals surface area contributed by atoms with Crippen LogP contribution in [0.4, 0.5) is 0 Å². The number of carbonyl (C=O) groups excluding carboxylic acids is 1. The standard InChI is InChI=1S/C16H33N3O/c1-2-3-4-5-6-7-8-9-10-18-16(20)15-19-13-11-17-12-14-19/h17H,2-15H2,1H3,(H,18,20). The van der Waals surface area contributed by atoms with E-state index >= 15 is 0 Å². The quantitative estimate of drug-likeness (QED) is 0.571.